The average Bonchev–Trinajstić information content (AvgIpc) is 2.34. The van der Waals surface area contributed by atoms with Crippen LogP contribution >= 0.6 is 0 Å². The van der Waals surface area contributed by atoms with Crippen molar-refractivity contribution >= 4 is 6.09 Å². The maximum Gasteiger partial charge on any atom is 0.417 e. The molecule has 0 bridgehead atoms. The van der Waals surface area contributed by atoms with Gasteiger partial charge in [-0.3, -0.25) is 0 Å². The van der Waals surface area contributed by atoms with E-state index in [0.29, 0.717) is 13.1 Å². The molecule has 0 N–H and O–H groups in total. The molecule has 5 nitrogen and oxygen atoms in total. The molecule has 0 spiro atoms. The number of carbonyl (C=O) groups is 1. The summed E-state index contributed by atoms with van der Waals surface area (Å²) in [6, 6.07) is 1.78. The fraction of sp³-hybridized carbons (Fsp3) is 0.643. The molecular weight excluding hydrogens is 242 g/mol. The third-order valence-corrected chi connectivity index (χ3v) is 2.60. The minimum absolute atomic E-state index is 0.101. The van der Waals surface area contributed by atoms with Gasteiger partial charge in [0, 0.05) is 25.5 Å². The van der Waals surface area contributed by atoms with Crippen LogP contribution in [0.1, 0.15) is 40.5 Å². The second-order valence-electron chi connectivity index (χ2n) is 5.70. The topological polar surface area (TPSA) is 55.3 Å². The summed E-state index contributed by atoms with van der Waals surface area (Å²) in [5.41, 5.74) is 0.190. The number of hydrogen-bond acceptors (Lipinski definition) is 4. The first-order valence-electron chi connectivity index (χ1n) is 6.66. The van der Waals surface area contributed by atoms with Crippen LogP contribution in [0, 0.1) is 5.41 Å². The molecule has 106 valence electrons. The Morgan fingerprint density at radius 1 is 1.26 bits per heavy atom. The Morgan fingerprint density at radius 3 is 2.42 bits per heavy atom. The molecule has 0 fully saturated rings. The van der Waals surface area contributed by atoms with Crippen LogP contribution in [0.5, 0.6) is 6.01 Å². The van der Waals surface area contributed by atoms with Crippen LogP contribution in [-0.2, 0) is 0 Å². The van der Waals surface area contributed by atoms with E-state index < -0.39 is 0 Å². The van der Waals surface area contributed by atoms with E-state index >= 15 is 0 Å². The summed E-state index contributed by atoms with van der Waals surface area (Å²) in [5.74, 6) is 0. The van der Waals surface area contributed by atoms with Crippen molar-refractivity contribution < 1.29 is 9.53 Å². The van der Waals surface area contributed by atoms with Gasteiger partial charge in [0.2, 0.25) is 0 Å². The van der Waals surface area contributed by atoms with Crippen LogP contribution in [0.15, 0.2) is 18.5 Å². The highest BCUT2D eigenvalue weighted by atomic mass is 16.6. The predicted molar refractivity (Wildman–Crippen MR) is 74.0 cm³/mol. The Bertz CT molecular complexity index is 387. The molecule has 1 heterocycles. The minimum Gasteiger partial charge on any atom is -0.374 e. The molecular formula is C14H23N3O2. The van der Waals surface area contributed by atoms with Gasteiger partial charge in [0.05, 0.1) is 0 Å². The van der Waals surface area contributed by atoms with Gasteiger partial charge in [-0.15, -0.1) is 0 Å². The summed E-state index contributed by atoms with van der Waals surface area (Å²) in [4.78, 5) is 21.5. The zero-order chi connectivity index (χ0) is 14.3. The summed E-state index contributed by atoms with van der Waals surface area (Å²) >= 11 is 0. The molecule has 0 aliphatic heterocycles. The molecule has 1 rings (SSSR count). The maximum atomic E-state index is 12.0. The highest BCUT2D eigenvalue weighted by molar-refractivity contribution is 5.69. The number of nitrogens with zero attached hydrogens (tertiary/aromatic N) is 3. The Morgan fingerprint density at radius 2 is 1.89 bits per heavy atom. The molecule has 0 atom stereocenters. The number of aromatic nitrogens is 2. The van der Waals surface area contributed by atoms with E-state index in [0.717, 1.165) is 12.8 Å². The van der Waals surface area contributed by atoms with Crippen molar-refractivity contribution in [1.29, 1.82) is 0 Å². The van der Waals surface area contributed by atoms with Gasteiger partial charge in [-0.2, -0.15) is 0 Å². The largest absolute Gasteiger partial charge is 0.417 e. The second kappa shape index (κ2) is 7.07. The van der Waals surface area contributed by atoms with Crippen molar-refractivity contribution in [2.45, 2.75) is 40.5 Å². The van der Waals surface area contributed by atoms with Gasteiger partial charge < -0.3 is 9.64 Å². The molecule has 0 unspecified atom stereocenters. The number of rotatable bonds is 5. The van der Waals surface area contributed by atoms with Crippen molar-refractivity contribution in [3.8, 4) is 6.01 Å². The lowest BCUT2D eigenvalue weighted by atomic mass is 9.92. The maximum absolute atomic E-state index is 12.0. The van der Waals surface area contributed by atoms with Crippen molar-refractivity contribution in [1.82, 2.24) is 14.9 Å². The summed E-state index contributed by atoms with van der Waals surface area (Å²) in [5, 5.41) is 0. The predicted octanol–water partition coefficient (Wildman–Crippen LogP) is 3.12. The Balaban J connectivity index is 2.57. The monoisotopic (exact) mass is 265 g/mol. The van der Waals surface area contributed by atoms with Crippen molar-refractivity contribution in [2.75, 3.05) is 13.1 Å². The van der Waals surface area contributed by atoms with E-state index in [2.05, 4.69) is 30.7 Å². The summed E-state index contributed by atoms with van der Waals surface area (Å²) in [7, 11) is 0. The van der Waals surface area contributed by atoms with Gasteiger partial charge in [-0.05, 0) is 24.3 Å². The van der Waals surface area contributed by atoms with E-state index in [1.54, 1.807) is 23.4 Å². The molecule has 0 aliphatic carbocycles. The second-order valence-corrected chi connectivity index (χ2v) is 5.70. The molecule has 0 radical (unpaired) electrons. The number of hydrogen-bond donors (Lipinski definition) is 0. The van der Waals surface area contributed by atoms with Crippen LogP contribution in [0.2, 0.25) is 0 Å². The van der Waals surface area contributed by atoms with E-state index in [-0.39, 0.29) is 17.5 Å². The first-order chi connectivity index (χ1) is 8.92. The lowest BCUT2D eigenvalue weighted by molar-refractivity contribution is 0.141. The molecule has 0 aliphatic rings. The van der Waals surface area contributed by atoms with Gasteiger partial charge in [0.1, 0.15) is 0 Å². The van der Waals surface area contributed by atoms with Gasteiger partial charge in [0.15, 0.2) is 0 Å². The Hall–Kier alpha value is -1.65. The van der Waals surface area contributed by atoms with Crippen LogP contribution < -0.4 is 4.74 Å². The fourth-order valence-corrected chi connectivity index (χ4v) is 1.52. The number of amides is 1. The molecule has 5 heteroatoms. The summed E-state index contributed by atoms with van der Waals surface area (Å²) in [6.45, 7) is 9.87. The molecule has 0 aromatic carbocycles. The SMILES string of the molecule is CCCN(CCC(C)(C)C)C(=O)Oc1ncccn1. The van der Waals surface area contributed by atoms with Gasteiger partial charge >= 0.3 is 12.1 Å². The molecule has 19 heavy (non-hydrogen) atoms. The molecule has 1 amide bonds. The van der Waals surface area contributed by atoms with Gasteiger partial charge in [-0.1, -0.05) is 27.7 Å². The molecule has 0 saturated heterocycles. The summed E-state index contributed by atoms with van der Waals surface area (Å²) in [6.07, 6.45) is 4.55. The first-order valence-corrected chi connectivity index (χ1v) is 6.66. The standard InChI is InChI=1S/C14H23N3O2/c1-5-10-17(11-7-14(2,3)4)13(18)19-12-15-8-6-9-16-12/h6,8-9H,5,7,10-11H2,1-4H3. The third kappa shape index (κ3) is 6.18. The van der Waals surface area contributed by atoms with Gasteiger partial charge in [0.25, 0.3) is 0 Å². The normalized spacial score (nSPS) is 11.2. The zero-order valence-electron chi connectivity index (χ0n) is 12.2. The fourth-order valence-electron chi connectivity index (χ4n) is 1.52. The van der Waals surface area contributed by atoms with Crippen molar-refractivity contribution in [3.63, 3.8) is 0 Å². The molecule has 1 aromatic rings. The van der Waals surface area contributed by atoms with E-state index in [9.17, 15) is 4.79 Å². The van der Waals surface area contributed by atoms with E-state index in [1.807, 2.05) is 6.92 Å². The highest BCUT2D eigenvalue weighted by Crippen LogP contribution is 2.19. The smallest absolute Gasteiger partial charge is 0.374 e. The van der Waals surface area contributed by atoms with E-state index in [4.69, 9.17) is 4.74 Å². The Labute approximate surface area is 115 Å². The zero-order valence-corrected chi connectivity index (χ0v) is 12.2. The number of ether oxygens (including phenoxy) is 1. The third-order valence-electron chi connectivity index (χ3n) is 2.60. The highest BCUT2D eigenvalue weighted by Gasteiger charge is 2.19. The quantitative estimate of drug-likeness (QED) is 0.820. The molecule has 1 aromatic heterocycles. The number of carbonyl (C=O) groups excluding carboxylic acids is 1. The summed E-state index contributed by atoms with van der Waals surface area (Å²) < 4.78 is 5.16. The van der Waals surface area contributed by atoms with Crippen LogP contribution in [0.3, 0.4) is 0 Å². The van der Waals surface area contributed by atoms with Crippen LogP contribution in [0.25, 0.3) is 0 Å². The van der Waals surface area contributed by atoms with Gasteiger partial charge in [-0.25, -0.2) is 14.8 Å². The minimum atomic E-state index is -0.377. The average molecular weight is 265 g/mol. The lowest BCUT2D eigenvalue weighted by Crippen LogP contribution is -2.36. The first kappa shape index (κ1) is 15.4. The lowest BCUT2D eigenvalue weighted by Gasteiger charge is -2.25. The van der Waals surface area contributed by atoms with Crippen LogP contribution in [0.4, 0.5) is 4.79 Å². The molecule has 0 saturated carbocycles. The van der Waals surface area contributed by atoms with E-state index in [1.165, 1.54) is 0 Å². The van der Waals surface area contributed by atoms with Crippen molar-refractivity contribution in [2.24, 2.45) is 5.41 Å². The van der Waals surface area contributed by atoms with Crippen molar-refractivity contribution in [3.05, 3.63) is 18.5 Å². The Kier molecular flexibility index (Phi) is 5.73. The van der Waals surface area contributed by atoms with Crippen LogP contribution in [-0.4, -0.2) is 34.1 Å².